The molecular formula is C20H23N5S. The molecule has 2 heterocycles. The van der Waals surface area contributed by atoms with Crippen molar-refractivity contribution < 1.29 is 0 Å². The fourth-order valence-electron chi connectivity index (χ4n) is 2.92. The maximum atomic E-state index is 4.60. The fraction of sp³-hybridized carbons (Fsp3) is 0.300. The number of hydrogen-bond acceptors (Lipinski definition) is 6. The second-order valence-corrected chi connectivity index (χ2v) is 8.47. The van der Waals surface area contributed by atoms with E-state index in [9.17, 15) is 0 Å². The Morgan fingerprint density at radius 1 is 1.00 bits per heavy atom. The number of nitrogens with one attached hydrogen (secondary N) is 3. The van der Waals surface area contributed by atoms with E-state index in [0.29, 0.717) is 5.95 Å². The normalized spacial score (nSPS) is 14.3. The molecule has 4 rings (SSSR count). The molecule has 134 valence electrons. The zero-order valence-electron chi connectivity index (χ0n) is 15.3. The number of fused-ring (bicyclic) bond motifs is 1. The first kappa shape index (κ1) is 16.8. The van der Waals surface area contributed by atoms with Crippen molar-refractivity contribution in [2.75, 3.05) is 10.6 Å². The van der Waals surface area contributed by atoms with Gasteiger partial charge in [0.05, 0.1) is 0 Å². The Bertz CT molecular complexity index is 967. The fourth-order valence-corrected chi connectivity index (χ4v) is 3.69. The quantitative estimate of drug-likeness (QED) is 0.577. The van der Waals surface area contributed by atoms with Crippen LogP contribution in [-0.4, -0.2) is 15.5 Å². The van der Waals surface area contributed by atoms with Gasteiger partial charge in [-0.15, -0.1) is 11.3 Å². The van der Waals surface area contributed by atoms with Gasteiger partial charge in [-0.05, 0) is 74.7 Å². The summed E-state index contributed by atoms with van der Waals surface area (Å²) in [5, 5.41) is 13.6. The van der Waals surface area contributed by atoms with E-state index in [4.69, 9.17) is 0 Å². The monoisotopic (exact) mass is 365 g/mol. The molecule has 0 saturated heterocycles. The minimum atomic E-state index is 0.0708. The van der Waals surface area contributed by atoms with Crippen LogP contribution in [0.3, 0.4) is 0 Å². The molecule has 0 radical (unpaired) electrons. The third kappa shape index (κ3) is 3.80. The molecule has 1 aliphatic carbocycles. The molecule has 0 unspecified atom stereocenters. The summed E-state index contributed by atoms with van der Waals surface area (Å²) in [6.07, 6.45) is 3.90. The van der Waals surface area contributed by atoms with Gasteiger partial charge in [0.2, 0.25) is 5.95 Å². The van der Waals surface area contributed by atoms with Crippen LogP contribution in [0.25, 0.3) is 10.1 Å². The van der Waals surface area contributed by atoms with Crippen molar-refractivity contribution in [1.29, 1.82) is 0 Å². The maximum Gasteiger partial charge on any atom is 0.229 e. The van der Waals surface area contributed by atoms with Gasteiger partial charge in [-0.1, -0.05) is 0 Å². The molecule has 26 heavy (non-hydrogen) atoms. The van der Waals surface area contributed by atoms with Crippen LogP contribution in [0, 0.1) is 0 Å². The van der Waals surface area contributed by atoms with E-state index < -0.39 is 0 Å². The molecule has 3 N–H and O–H groups in total. The van der Waals surface area contributed by atoms with Crippen LogP contribution < -0.4 is 16.0 Å². The highest BCUT2D eigenvalue weighted by Gasteiger charge is 2.22. The smallest absolute Gasteiger partial charge is 0.229 e. The van der Waals surface area contributed by atoms with E-state index in [1.54, 1.807) is 17.5 Å². The van der Waals surface area contributed by atoms with Gasteiger partial charge in [-0.25, -0.2) is 4.98 Å². The van der Waals surface area contributed by atoms with E-state index in [-0.39, 0.29) is 5.54 Å². The Balaban J connectivity index is 1.49. The number of aromatic nitrogens is 2. The van der Waals surface area contributed by atoms with E-state index in [0.717, 1.165) is 24.3 Å². The molecule has 0 aliphatic heterocycles. The Labute approximate surface area is 157 Å². The number of allylic oxidation sites excluding steroid dienone is 2. The summed E-state index contributed by atoms with van der Waals surface area (Å²) in [7, 11) is 0. The average Bonchev–Trinajstić information content (AvgIpc) is 3.04. The standard InChI is InChI=1S/C20H23N5S/c1-20(2,3)25-16-6-5-15(16)23-18-8-10-21-19(24-18)22-14-4-7-17-13(12-14)9-11-26-17/h4,7-12,25H,5-6H2,1-3H3,(H2,21,22,23,24). The van der Waals surface area contributed by atoms with Crippen LogP contribution in [0.5, 0.6) is 0 Å². The molecule has 0 atom stereocenters. The van der Waals surface area contributed by atoms with Crippen LogP contribution in [-0.2, 0) is 0 Å². The van der Waals surface area contributed by atoms with E-state index >= 15 is 0 Å². The lowest BCUT2D eigenvalue weighted by molar-refractivity contribution is 0.446. The number of thiophene rings is 1. The summed E-state index contributed by atoms with van der Waals surface area (Å²) in [5.74, 6) is 1.40. The van der Waals surface area contributed by atoms with Gasteiger partial charge < -0.3 is 16.0 Å². The zero-order chi connectivity index (χ0) is 18.1. The van der Waals surface area contributed by atoms with Gasteiger partial charge in [0.25, 0.3) is 0 Å². The highest BCUT2D eigenvalue weighted by atomic mass is 32.1. The summed E-state index contributed by atoms with van der Waals surface area (Å²) in [4.78, 5) is 8.94. The van der Waals surface area contributed by atoms with Crippen LogP contribution in [0.2, 0.25) is 0 Å². The molecule has 5 nitrogen and oxygen atoms in total. The predicted octanol–water partition coefficient (Wildman–Crippen LogP) is 5.24. The molecule has 0 saturated carbocycles. The summed E-state index contributed by atoms with van der Waals surface area (Å²) in [6.45, 7) is 6.52. The van der Waals surface area contributed by atoms with Crippen molar-refractivity contribution in [3.63, 3.8) is 0 Å². The molecule has 0 fully saturated rings. The molecule has 3 aromatic rings. The topological polar surface area (TPSA) is 61.9 Å². The van der Waals surface area contributed by atoms with Gasteiger partial charge >= 0.3 is 0 Å². The Morgan fingerprint density at radius 2 is 1.85 bits per heavy atom. The van der Waals surface area contributed by atoms with Crippen molar-refractivity contribution >= 4 is 38.9 Å². The Kier molecular flexibility index (Phi) is 4.28. The van der Waals surface area contributed by atoms with E-state index in [2.05, 4.69) is 76.3 Å². The maximum absolute atomic E-state index is 4.60. The van der Waals surface area contributed by atoms with Gasteiger partial charge in [-0.3, -0.25) is 0 Å². The summed E-state index contributed by atoms with van der Waals surface area (Å²) in [6, 6.07) is 10.3. The van der Waals surface area contributed by atoms with E-state index in [1.165, 1.54) is 21.5 Å². The second kappa shape index (κ2) is 6.61. The van der Waals surface area contributed by atoms with Crippen LogP contribution in [0.1, 0.15) is 33.6 Å². The minimum absolute atomic E-state index is 0.0708. The van der Waals surface area contributed by atoms with E-state index in [1.807, 2.05) is 6.07 Å². The molecule has 1 aliphatic rings. The highest BCUT2D eigenvalue weighted by Crippen LogP contribution is 2.29. The van der Waals surface area contributed by atoms with Crippen LogP contribution >= 0.6 is 11.3 Å². The Hall–Kier alpha value is -2.60. The van der Waals surface area contributed by atoms with Gasteiger partial charge in [-0.2, -0.15) is 4.98 Å². The minimum Gasteiger partial charge on any atom is -0.382 e. The number of rotatable bonds is 5. The lowest BCUT2D eigenvalue weighted by Crippen LogP contribution is -2.38. The molecule has 1 aromatic carbocycles. The third-order valence-electron chi connectivity index (χ3n) is 4.16. The first-order valence-corrected chi connectivity index (χ1v) is 9.69. The molecule has 0 spiro atoms. The highest BCUT2D eigenvalue weighted by molar-refractivity contribution is 7.17. The van der Waals surface area contributed by atoms with Crippen molar-refractivity contribution in [2.24, 2.45) is 0 Å². The second-order valence-electron chi connectivity index (χ2n) is 7.52. The van der Waals surface area contributed by atoms with Gasteiger partial charge in [0, 0.05) is 33.5 Å². The molecule has 0 amide bonds. The number of anilines is 3. The predicted molar refractivity (Wildman–Crippen MR) is 110 cm³/mol. The average molecular weight is 366 g/mol. The zero-order valence-corrected chi connectivity index (χ0v) is 16.1. The molecule has 0 bridgehead atoms. The van der Waals surface area contributed by atoms with Crippen LogP contribution in [0.4, 0.5) is 17.5 Å². The Morgan fingerprint density at radius 3 is 2.62 bits per heavy atom. The van der Waals surface area contributed by atoms with Crippen molar-refractivity contribution in [1.82, 2.24) is 15.3 Å². The largest absolute Gasteiger partial charge is 0.382 e. The number of nitrogens with zero attached hydrogens (tertiary/aromatic N) is 2. The molecule has 6 heteroatoms. The first-order valence-electron chi connectivity index (χ1n) is 8.81. The van der Waals surface area contributed by atoms with Gasteiger partial charge in [0.15, 0.2) is 0 Å². The summed E-state index contributed by atoms with van der Waals surface area (Å²) in [5.41, 5.74) is 3.55. The molecule has 2 aromatic heterocycles. The molecular weight excluding hydrogens is 342 g/mol. The summed E-state index contributed by atoms with van der Waals surface area (Å²) >= 11 is 1.74. The lowest BCUT2D eigenvalue weighted by atomic mass is 9.97. The van der Waals surface area contributed by atoms with Crippen LogP contribution in [0.15, 0.2) is 53.3 Å². The van der Waals surface area contributed by atoms with Crippen molar-refractivity contribution in [2.45, 2.75) is 39.2 Å². The lowest BCUT2D eigenvalue weighted by Gasteiger charge is -2.32. The SMILES string of the molecule is CC(C)(C)NC1=C(Nc2ccnc(Nc3ccc4sccc4c3)n2)CC1. The third-order valence-corrected chi connectivity index (χ3v) is 5.06. The van der Waals surface area contributed by atoms with Crippen molar-refractivity contribution in [3.05, 3.63) is 53.3 Å². The summed E-state index contributed by atoms with van der Waals surface area (Å²) < 4.78 is 1.28. The van der Waals surface area contributed by atoms with Crippen molar-refractivity contribution in [3.8, 4) is 0 Å². The number of hydrogen-bond donors (Lipinski definition) is 3. The number of benzene rings is 1. The van der Waals surface area contributed by atoms with Gasteiger partial charge in [0.1, 0.15) is 5.82 Å². The first-order chi connectivity index (χ1) is 12.5.